The highest BCUT2D eigenvalue weighted by atomic mass is 32.2. The molecule has 0 radical (unpaired) electrons. The zero-order valence-corrected chi connectivity index (χ0v) is 15.8. The summed E-state index contributed by atoms with van der Waals surface area (Å²) in [7, 11) is -5.37. The summed E-state index contributed by atoms with van der Waals surface area (Å²) < 4.78 is 62.2. The maximum Gasteiger partial charge on any atom is 0.427 e. The average molecular weight is 385 g/mol. The van der Waals surface area contributed by atoms with Gasteiger partial charge in [0.2, 0.25) is 5.54 Å². The first kappa shape index (κ1) is 21.6. The molecule has 1 fully saturated rings. The van der Waals surface area contributed by atoms with Crippen molar-refractivity contribution in [1.82, 2.24) is 4.31 Å². The predicted octanol–water partition coefficient (Wildman–Crippen LogP) is 1.48. The van der Waals surface area contributed by atoms with Crippen LogP contribution in [0.4, 0.5) is 9.18 Å². The lowest BCUT2D eigenvalue weighted by Gasteiger charge is -2.38. The fourth-order valence-electron chi connectivity index (χ4n) is 2.13. The Bertz CT molecular complexity index is 636. The van der Waals surface area contributed by atoms with Gasteiger partial charge in [-0.2, -0.15) is 12.7 Å². The van der Waals surface area contributed by atoms with E-state index >= 15 is 0 Å². The average Bonchev–Trinajstić information content (AvgIpc) is 2.65. The maximum atomic E-state index is 14.6. The number of amides is 1. The molecule has 11 heteroatoms. The van der Waals surface area contributed by atoms with Gasteiger partial charge in [0.1, 0.15) is 11.2 Å². The summed E-state index contributed by atoms with van der Waals surface area (Å²) in [6, 6.07) is 0. The Morgan fingerprint density at radius 3 is 1.96 bits per heavy atom. The van der Waals surface area contributed by atoms with Crippen molar-refractivity contribution in [1.29, 1.82) is 0 Å². The van der Waals surface area contributed by atoms with E-state index in [2.05, 4.69) is 0 Å². The van der Waals surface area contributed by atoms with Crippen LogP contribution < -0.4 is 0 Å². The highest BCUT2D eigenvalue weighted by Crippen LogP contribution is 2.35. The van der Waals surface area contributed by atoms with Crippen molar-refractivity contribution in [2.45, 2.75) is 64.5 Å². The van der Waals surface area contributed by atoms with Crippen LogP contribution in [0.2, 0.25) is 0 Å². The molecule has 25 heavy (non-hydrogen) atoms. The van der Waals surface area contributed by atoms with Crippen molar-refractivity contribution in [3.05, 3.63) is 0 Å². The molecule has 1 rings (SSSR count). The van der Waals surface area contributed by atoms with Crippen molar-refractivity contribution in [2.24, 2.45) is 0 Å². The first-order chi connectivity index (χ1) is 11.0. The Kier molecular flexibility index (Phi) is 5.77. The second-order valence-electron chi connectivity index (χ2n) is 7.63. The second-order valence-corrected chi connectivity index (χ2v) is 8.89. The van der Waals surface area contributed by atoms with Gasteiger partial charge in [0.15, 0.2) is 6.17 Å². The smallest absolute Gasteiger partial charge is 0.427 e. The predicted molar refractivity (Wildman–Crippen MR) is 83.9 cm³/mol. The van der Waals surface area contributed by atoms with Gasteiger partial charge in [0.25, 0.3) is 0 Å². The third-order valence-corrected chi connectivity index (χ3v) is 3.95. The minimum Gasteiger partial charge on any atom is -0.458 e. The SMILES string of the molecule is CC(C)(C)OC(=O)N([C@@]1(C(=O)OC(C)(C)C)COC[C@@H]1F)S(=O)(=O)O. The summed E-state index contributed by atoms with van der Waals surface area (Å²) in [5.41, 5.74) is -4.99. The number of carbonyl (C=O) groups is 2. The van der Waals surface area contributed by atoms with E-state index in [1.807, 2.05) is 0 Å². The normalized spacial score (nSPS) is 24.7. The fraction of sp³-hybridized carbons (Fsp3) is 0.857. The molecule has 1 aliphatic rings. The van der Waals surface area contributed by atoms with Gasteiger partial charge in [-0.15, -0.1) is 0 Å². The monoisotopic (exact) mass is 385 g/mol. The number of alkyl halides is 1. The van der Waals surface area contributed by atoms with Crippen molar-refractivity contribution in [3.8, 4) is 0 Å². The lowest BCUT2D eigenvalue weighted by Crippen LogP contribution is -2.66. The van der Waals surface area contributed by atoms with Gasteiger partial charge in [-0.3, -0.25) is 4.55 Å². The first-order valence-electron chi connectivity index (χ1n) is 7.47. The molecule has 1 heterocycles. The lowest BCUT2D eigenvalue weighted by molar-refractivity contribution is -0.169. The van der Waals surface area contributed by atoms with E-state index < -0.39 is 58.5 Å². The highest BCUT2D eigenvalue weighted by Gasteiger charge is 2.64. The quantitative estimate of drug-likeness (QED) is 0.573. The lowest BCUT2D eigenvalue weighted by atomic mass is 9.96. The topological polar surface area (TPSA) is 119 Å². The van der Waals surface area contributed by atoms with Crippen molar-refractivity contribution >= 4 is 22.4 Å². The molecule has 146 valence electrons. The summed E-state index contributed by atoms with van der Waals surface area (Å²) in [6.45, 7) is 7.27. The summed E-state index contributed by atoms with van der Waals surface area (Å²) in [6.07, 6.45) is -3.87. The molecule has 2 atom stereocenters. The molecule has 0 saturated carbocycles. The highest BCUT2D eigenvalue weighted by molar-refractivity contribution is 7.84. The van der Waals surface area contributed by atoms with Gasteiger partial charge in [-0.1, -0.05) is 0 Å². The number of halogens is 1. The van der Waals surface area contributed by atoms with E-state index in [-0.39, 0.29) is 4.31 Å². The molecule has 0 aromatic rings. The maximum absolute atomic E-state index is 14.6. The summed E-state index contributed by atoms with van der Waals surface area (Å²) in [4.78, 5) is 24.9. The van der Waals surface area contributed by atoms with Crippen molar-refractivity contribution < 1.29 is 41.2 Å². The van der Waals surface area contributed by atoms with E-state index in [1.165, 1.54) is 41.5 Å². The van der Waals surface area contributed by atoms with Gasteiger partial charge in [-0.25, -0.2) is 14.0 Å². The molecule has 0 aromatic carbocycles. The zero-order chi connectivity index (χ0) is 19.8. The minimum atomic E-state index is -5.37. The van der Waals surface area contributed by atoms with Crippen LogP contribution in [0.15, 0.2) is 0 Å². The molecule has 9 nitrogen and oxygen atoms in total. The van der Waals surface area contributed by atoms with Crippen LogP contribution in [0, 0.1) is 0 Å². The number of rotatable bonds is 3. The Hall–Kier alpha value is -1.46. The molecule has 0 aromatic heterocycles. The van der Waals surface area contributed by atoms with Crippen molar-refractivity contribution in [2.75, 3.05) is 13.2 Å². The van der Waals surface area contributed by atoms with Gasteiger partial charge < -0.3 is 14.2 Å². The van der Waals surface area contributed by atoms with Gasteiger partial charge >= 0.3 is 22.4 Å². The molecule has 0 spiro atoms. The van der Waals surface area contributed by atoms with Crippen LogP contribution in [0.25, 0.3) is 0 Å². The Labute approximate surface area is 146 Å². The van der Waals surface area contributed by atoms with E-state index in [0.717, 1.165) is 0 Å². The zero-order valence-electron chi connectivity index (χ0n) is 15.0. The molecular weight excluding hydrogens is 361 g/mol. The summed E-state index contributed by atoms with van der Waals surface area (Å²) in [5, 5.41) is 0. The molecule has 1 amide bonds. The first-order valence-corrected chi connectivity index (χ1v) is 8.86. The molecule has 0 bridgehead atoms. The molecular formula is C14H24FNO8S. The van der Waals surface area contributed by atoms with E-state index in [0.29, 0.717) is 0 Å². The minimum absolute atomic E-state index is 0.336. The van der Waals surface area contributed by atoms with Crippen LogP contribution in [0.1, 0.15) is 41.5 Å². The number of ether oxygens (including phenoxy) is 3. The van der Waals surface area contributed by atoms with Crippen LogP contribution in [-0.4, -0.2) is 65.5 Å². The Morgan fingerprint density at radius 2 is 1.64 bits per heavy atom. The number of carbonyl (C=O) groups excluding carboxylic acids is 2. The molecule has 1 saturated heterocycles. The molecule has 0 unspecified atom stereocenters. The Morgan fingerprint density at radius 1 is 1.16 bits per heavy atom. The number of nitrogens with zero attached hydrogens (tertiary/aromatic N) is 1. The second kappa shape index (κ2) is 6.69. The molecule has 0 aliphatic carbocycles. The number of esters is 1. The standard InChI is InChI=1S/C14H24FNO8S/c1-12(2,3)23-10(17)14(8-22-7-9(14)15)16(25(19,20)21)11(18)24-13(4,5)6/h9H,7-8H2,1-6H3,(H,19,20,21)/t9-,14-/m0/s1. The number of hydrogen-bond donors (Lipinski definition) is 1. The van der Waals surface area contributed by atoms with Crippen LogP contribution in [0.3, 0.4) is 0 Å². The third-order valence-electron chi connectivity index (χ3n) is 3.01. The number of hydrogen-bond acceptors (Lipinski definition) is 7. The van der Waals surface area contributed by atoms with Gasteiger partial charge in [0.05, 0.1) is 13.2 Å². The molecule has 1 N–H and O–H groups in total. The van der Waals surface area contributed by atoms with Crippen LogP contribution >= 0.6 is 0 Å². The third kappa shape index (κ3) is 5.02. The van der Waals surface area contributed by atoms with Gasteiger partial charge in [-0.05, 0) is 41.5 Å². The summed E-state index contributed by atoms with van der Waals surface area (Å²) in [5.74, 6) is -1.37. The summed E-state index contributed by atoms with van der Waals surface area (Å²) >= 11 is 0. The van der Waals surface area contributed by atoms with Crippen LogP contribution in [-0.2, 0) is 29.3 Å². The van der Waals surface area contributed by atoms with E-state index in [1.54, 1.807) is 0 Å². The van der Waals surface area contributed by atoms with E-state index in [4.69, 9.17) is 14.2 Å². The van der Waals surface area contributed by atoms with Crippen molar-refractivity contribution in [3.63, 3.8) is 0 Å². The Balaban J connectivity index is 3.47. The van der Waals surface area contributed by atoms with Gasteiger partial charge in [0, 0.05) is 0 Å². The van der Waals surface area contributed by atoms with E-state index in [9.17, 15) is 27.0 Å². The fourth-order valence-corrected chi connectivity index (χ4v) is 3.01. The van der Waals surface area contributed by atoms with Crippen LogP contribution in [0.5, 0.6) is 0 Å². The molecule has 1 aliphatic heterocycles. The largest absolute Gasteiger partial charge is 0.458 e.